The molecule has 1 aliphatic heterocycles. The summed E-state index contributed by atoms with van der Waals surface area (Å²) in [6, 6.07) is 5.86. The molecule has 2 N–H and O–H groups in total. The highest BCUT2D eigenvalue weighted by molar-refractivity contribution is 9.10. The molecule has 0 radical (unpaired) electrons. The fourth-order valence-corrected chi connectivity index (χ4v) is 3.37. The summed E-state index contributed by atoms with van der Waals surface area (Å²) in [5.41, 5.74) is 3.55. The summed E-state index contributed by atoms with van der Waals surface area (Å²) in [4.78, 5) is 30.1. The molecule has 2 heterocycles. The van der Waals surface area contributed by atoms with Crippen molar-refractivity contribution in [2.45, 2.75) is 32.7 Å². The van der Waals surface area contributed by atoms with Gasteiger partial charge in [0, 0.05) is 22.8 Å². The van der Waals surface area contributed by atoms with Gasteiger partial charge < -0.3 is 9.88 Å². The molecule has 0 atom stereocenters. The Morgan fingerprint density at radius 3 is 2.85 bits per heavy atom. The van der Waals surface area contributed by atoms with Crippen LogP contribution in [0, 0.1) is 5.82 Å². The van der Waals surface area contributed by atoms with Gasteiger partial charge in [-0.2, -0.15) is 0 Å². The van der Waals surface area contributed by atoms with Gasteiger partial charge in [-0.15, -0.1) is 0 Å². The van der Waals surface area contributed by atoms with Gasteiger partial charge in [0.25, 0.3) is 11.5 Å². The highest BCUT2D eigenvalue weighted by Crippen LogP contribution is 2.28. The second-order valence-corrected chi connectivity index (χ2v) is 6.86. The number of benzene rings is 1. The number of aromatic nitrogens is 1. The van der Waals surface area contributed by atoms with Crippen molar-refractivity contribution in [2.75, 3.05) is 11.9 Å². The molecule has 0 bridgehead atoms. The van der Waals surface area contributed by atoms with Gasteiger partial charge in [0.15, 0.2) is 0 Å². The van der Waals surface area contributed by atoms with Crippen LogP contribution in [-0.4, -0.2) is 17.1 Å². The molecular weight excluding hydrogens is 405 g/mol. The summed E-state index contributed by atoms with van der Waals surface area (Å²) < 4.78 is 16.4. The van der Waals surface area contributed by atoms with Crippen molar-refractivity contribution in [1.29, 1.82) is 0 Å². The number of hydrogen-bond acceptors (Lipinski definition) is 4. The molecule has 1 aromatic carbocycles. The van der Waals surface area contributed by atoms with E-state index in [1.165, 1.54) is 12.1 Å². The van der Waals surface area contributed by atoms with Gasteiger partial charge >= 0.3 is 0 Å². The summed E-state index contributed by atoms with van der Waals surface area (Å²) in [6.45, 7) is 2.63. The molecule has 0 unspecified atom stereocenters. The molecule has 1 amide bonds. The van der Waals surface area contributed by atoms with Crippen molar-refractivity contribution >= 4 is 33.2 Å². The fourth-order valence-electron chi connectivity index (χ4n) is 3.04. The summed E-state index contributed by atoms with van der Waals surface area (Å²) in [5.74, 6) is -0.953. The maximum atomic E-state index is 14.2. The van der Waals surface area contributed by atoms with E-state index in [9.17, 15) is 14.0 Å². The van der Waals surface area contributed by atoms with E-state index < -0.39 is 11.7 Å². The number of halogens is 2. The average molecular weight is 424 g/mol. The van der Waals surface area contributed by atoms with Gasteiger partial charge in [-0.25, -0.2) is 9.87 Å². The van der Waals surface area contributed by atoms with E-state index in [4.69, 9.17) is 4.84 Å². The van der Waals surface area contributed by atoms with Crippen LogP contribution < -0.4 is 16.4 Å². The van der Waals surface area contributed by atoms with E-state index in [1.807, 2.05) is 0 Å². The number of amides is 1. The number of hydroxylamine groups is 1. The number of pyridine rings is 1. The Balaban J connectivity index is 2.09. The molecular formula is C18H19BrFN3O3. The molecule has 0 saturated carbocycles. The predicted octanol–water partition coefficient (Wildman–Crippen LogP) is 3.51. The van der Waals surface area contributed by atoms with Gasteiger partial charge in [0.05, 0.1) is 23.5 Å². The summed E-state index contributed by atoms with van der Waals surface area (Å²) in [5, 5.41) is 2.89. The zero-order chi connectivity index (χ0) is 18.7. The van der Waals surface area contributed by atoms with Crippen LogP contribution in [0.15, 0.2) is 33.5 Å². The predicted molar refractivity (Wildman–Crippen MR) is 100 cm³/mol. The minimum Gasteiger partial charge on any atom is -0.352 e. The van der Waals surface area contributed by atoms with E-state index in [2.05, 4.69) is 26.7 Å². The van der Waals surface area contributed by atoms with Crippen molar-refractivity contribution in [2.24, 2.45) is 0 Å². The SMILES string of the molecule is CCONC(=O)c1c(Nc2ccc(Br)cc2F)cc(=O)n2c1CCCC2. The van der Waals surface area contributed by atoms with Gasteiger partial charge in [-0.3, -0.25) is 14.4 Å². The zero-order valence-corrected chi connectivity index (χ0v) is 15.9. The lowest BCUT2D eigenvalue weighted by atomic mass is 10.0. The Bertz CT molecular complexity index is 898. The topological polar surface area (TPSA) is 72.4 Å². The van der Waals surface area contributed by atoms with Gasteiger partial charge in [-0.05, 0) is 44.4 Å². The van der Waals surface area contributed by atoms with Crippen LogP contribution in [0.3, 0.4) is 0 Å². The number of nitrogens with zero attached hydrogens (tertiary/aromatic N) is 1. The average Bonchev–Trinajstić information content (AvgIpc) is 2.62. The fraction of sp³-hybridized carbons (Fsp3) is 0.333. The highest BCUT2D eigenvalue weighted by atomic mass is 79.9. The molecule has 0 saturated heterocycles. The lowest BCUT2D eigenvalue weighted by Crippen LogP contribution is -2.33. The smallest absolute Gasteiger partial charge is 0.278 e. The van der Waals surface area contributed by atoms with Gasteiger partial charge in [-0.1, -0.05) is 15.9 Å². The Hall–Kier alpha value is -2.19. The molecule has 3 rings (SSSR count). The molecule has 1 aromatic heterocycles. The van der Waals surface area contributed by atoms with Crippen molar-refractivity contribution in [3.63, 3.8) is 0 Å². The molecule has 26 heavy (non-hydrogen) atoms. The third kappa shape index (κ3) is 3.81. The largest absolute Gasteiger partial charge is 0.352 e. The van der Waals surface area contributed by atoms with Crippen LogP contribution in [0.5, 0.6) is 0 Å². The van der Waals surface area contributed by atoms with Gasteiger partial charge in [0.1, 0.15) is 5.82 Å². The Morgan fingerprint density at radius 2 is 2.12 bits per heavy atom. The second-order valence-electron chi connectivity index (χ2n) is 5.94. The molecule has 1 aliphatic rings. The molecule has 138 valence electrons. The van der Waals surface area contributed by atoms with E-state index in [1.54, 1.807) is 23.6 Å². The van der Waals surface area contributed by atoms with E-state index in [0.29, 0.717) is 35.3 Å². The summed E-state index contributed by atoms with van der Waals surface area (Å²) >= 11 is 3.21. The van der Waals surface area contributed by atoms with Crippen molar-refractivity contribution in [1.82, 2.24) is 10.0 Å². The molecule has 0 fully saturated rings. The highest BCUT2D eigenvalue weighted by Gasteiger charge is 2.24. The summed E-state index contributed by atoms with van der Waals surface area (Å²) in [6.07, 6.45) is 2.36. The van der Waals surface area contributed by atoms with Crippen LogP contribution >= 0.6 is 15.9 Å². The standard InChI is InChI=1S/C18H19BrFN3O3/c1-2-26-22-18(25)17-14(21-13-7-6-11(19)9-12(13)20)10-16(24)23-8-4-3-5-15(17)23/h6-7,9-10,21H,2-5,8H2,1H3,(H,22,25). The molecule has 0 spiro atoms. The number of nitrogens with one attached hydrogen (secondary N) is 2. The van der Waals surface area contributed by atoms with E-state index >= 15 is 0 Å². The normalized spacial score (nSPS) is 13.2. The monoisotopic (exact) mass is 423 g/mol. The van der Waals surface area contributed by atoms with Crippen molar-refractivity contribution in [3.8, 4) is 0 Å². The first kappa shape index (κ1) is 18.6. The zero-order valence-electron chi connectivity index (χ0n) is 14.3. The minimum atomic E-state index is -0.492. The Morgan fingerprint density at radius 1 is 1.31 bits per heavy atom. The number of carbonyl (C=O) groups is 1. The second kappa shape index (κ2) is 8.01. The van der Waals surface area contributed by atoms with Crippen LogP contribution in [-0.2, 0) is 17.8 Å². The Labute approximate surface area is 158 Å². The Kier molecular flexibility index (Phi) is 5.73. The summed E-state index contributed by atoms with van der Waals surface area (Å²) in [7, 11) is 0. The number of fused-ring (bicyclic) bond motifs is 1. The maximum Gasteiger partial charge on any atom is 0.278 e. The lowest BCUT2D eigenvalue weighted by molar-refractivity contribution is 0.0363. The third-order valence-electron chi connectivity index (χ3n) is 4.20. The van der Waals surface area contributed by atoms with Gasteiger partial charge in [0.2, 0.25) is 0 Å². The molecule has 0 aliphatic carbocycles. The quantitative estimate of drug-likeness (QED) is 0.721. The van der Waals surface area contributed by atoms with Crippen LogP contribution in [0.4, 0.5) is 15.8 Å². The molecule has 6 nitrogen and oxygen atoms in total. The lowest BCUT2D eigenvalue weighted by Gasteiger charge is -2.23. The number of anilines is 2. The number of rotatable bonds is 5. The third-order valence-corrected chi connectivity index (χ3v) is 4.69. The first-order valence-corrected chi connectivity index (χ1v) is 9.21. The maximum absolute atomic E-state index is 14.2. The van der Waals surface area contributed by atoms with Crippen LogP contribution in [0.1, 0.15) is 35.8 Å². The van der Waals surface area contributed by atoms with Crippen LogP contribution in [0.25, 0.3) is 0 Å². The van der Waals surface area contributed by atoms with Crippen molar-refractivity contribution in [3.05, 3.63) is 56.2 Å². The van der Waals surface area contributed by atoms with Crippen molar-refractivity contribution < 1.29 is 14.0 Å². The molecule has 8 heteroatoms. The molecule has 2 aromatic rings. The van der Waals surface area contributed by atoms with E-state index in [-0.39, 0.29) is 16.9 Å². The van der Waals surface area contributed by atoms with Crippen LogP contribution in [0.2, 0.25) is 0 Å². The number of carbonyl (C=O) groups excluding carboxylic acids is 1. The first-order chi connectivity index (χ1) is 12.5. The van der Waals surface area contributed by atoms with E-state index in [0.717, 1.165) is 12.8 Å². The first-order valence-electron chi connectivity index (χ1n) is 8.42. The minimum absolute atomic E-state index is 0.179. The number of hydrogen-bond donors (Lipinski definition) is 2.